The smallest absolute Gasteiger partial charge is 0.224 e. The monoisotopic (exact) mass is 263 g/mol. The Morgan fingerprint density at radius 3 is 2.63 bits per heavy atom. The second-order valence-electron chi connectivity index (χ2n) is 4.77. The summed E-state index contributed by atoms with van der Waals surface area (Å²) < 4.78 is 10.7. The summed E-state index contributed by atoms with van der Waals surface area (Å²) in [7, 11) is 0. The molecule has 1 N–H and O–H groups in total. The number of hydrogen-bond acceptors (Lipinski definition) is 3. The van der Waals surface area contributed by atoms with Gasteiger partial charge < -0.3 is 14.8 Å². The van der Waals surface area contributed by atoms with Crippen molar-refractivity contribution in [1.29, 1.82) is 0 Å². The normalized spacial score (nSPS) is 16.1. The second-order valence-corrected chi connectivity index (χ2v) is 4.77. The van der Waals surface area contributed by atoms with Crippen LogP contribution >= 0.6 is 0 Å². The van der Waals surface area contributed by atoms with Gasteiger partial charge in [-0.1, -0.05) is 0 Å². The summed E-state index contributed by atoms with van der Waals surface area (Å²) in [6.07, 6.45) is 2.55. The van der Waals surface area contributed by atoms with E-state index in [4.69, 9.17) is 9.47 Å². The number of hydrogen-bond donors (Lipinski definition) is 1. The maximum absolute atomic E-state index is 11.9. The fourth-order valence-corrected chi connectivity index (χ4v) is 2.23. The Bertz CT molecular complexity index is 396. The van der Waals surface area contributed by atoms with Crippen LogP contribution in [0.1, 0.15) is 26.2 Å². The van der Waals surface area contributed by atoms with Gasteiger partial charge in [0.25, 0.3) is 0 Å². The number of anilines is 1. The van der Waals surface area contributed by atoms with Gasteiger partial charge >= 0.3 is 0 Å². The lowest BCUT2D eigenvalue weighted by Crippen LogP contribution is -2.22. The van der Waals surface area contributed by atoms with Crippen molar-refractivity contribution in [2.45, 2.75) is 26.2 Å². The molecule has 1 aliphatic rings. The number of carbonyl (C=O) groups is 1. The molecule has 0 saturated carbocycles. The van der Waals surface area contributed by atoms with Gasteiger partial charge in [0, 0.05) is 25.3 Å². The predicted octanol–water partition coefficient (Wildman–Crippen LogP) is 2.84. The molecule has 1 fully saturated rings. The van der Waals surface area contributed by atoms with Gasteiger partial charge in [0.05, 0.1) is 6.61 Å². The van der Waals surface area contributed by atoms with Crippen molar-refractivity contribution in [1.82, 2.24) is 0 Å². The molecule has 1 saturated heterocycles. The van der Waals surface area contributed by atoms with Gasteiger partial charge in [0.2, 0.25) is 5.91 Å². The minimum atomic E-state index is 0.0797. The zero-order chi connectivity index (χ0) is 13.5. The van der Waals surface area contributed by atoms with E-state index in [1.807, 2.05) is 31.2 Å². The Kier molecular flexibility index (Phi) is 5.21. The molecule has 0 bridgehead atoms. The molecule has 0 atom stereocenters. The molecule has 1 aliphatic heterocycles. The van der Waals surface area contributed by atoms with Crippen molar-refractivity contribution >= 4 is 11.6 Å². The summed E-state index contributed by atoms with van der Waals surface area (Å²) in [4.78, 5) is 11.9. The standard InChI is InChI=1S/C15H21NO3/c1-2-19-14-5-3-13(4-6-14)16-15(17)11-12-7-9-18-10-8-12/h3-6,12H,2,7-11H2,1H3,(H,16,17). The van der Waals surface area contributed by atoms with Gasteiger partial charge in [-0.2, -0.15) is 0 Å². The highest BCUT2D eigenvalue weighted by Gasteiger charge is 2.17. The lowest BCUT2D eigenvalue weighted by atomic mass is 9.96. The summed E-state index contributed by atoms with van der Waals surface area (Å²) in [5.41, 5.74) is 0.820. The fraction of sp³-hybridized carbons (Fsp3) is 0.533. The molecule has 104 valence electrons. The Hall–Kier alpha value is -1.55. The van der Waals surface area contributed by atoms with Crippen LogP contribution in [0.25, 0.3) is 0 Å². The summed E-state index contributed by atoms with van der Waals surface area (Å²) in [5.74, 6) is 1.36. The number of benzene rings is 1. The van der Waals surface area contributed by atoms with Crippen LogP contribution in [-0.4, -0.2) is 25.7 Å². The SMILES string of the molecule is CCOc1ccc(NC(=O)CC2CCOCC2)cc1. The molecular weight excluding hydrogens is 242 g/mol. The van der Waals surface area contributed by atoms with Gasteiger partial charge in [-0.3, -0.25) is 4.79 Å². The minimum Gasteiger partial charge on any atom is -0.494 e. The molecule has 0 aliphatic carbocycles. The topological polar surface area (TPSA) is 47.6 Å². The Labute approximate surface area is 114 Å². The molecule has 2 rings (SSSR count). The average Bonchev–Trinajstić information content (AvgIpc) is 2.42. The van der Waals surface area contributed by atoms with E-state index < -0.39 is 0 Å². The predicted molar refractivity (Wildman–Crippen MR) is 74.4 cm³/mol. The molecule has 0 unspecified atom stereocenters. The lowest BCUT2D eigenvalue weighted by molar-refractivity contribution is -0.117. The van der Waals surface area contributed by atoms with Crippen LogP contribution in [0.2, 0.25) is 0 Å². The van der Waals surface area contributed by atoms with Gasteiger partial charge in [-0.15, -0.1) is 0 Å². The quantitative estimate of drug-likeness (QED) is 0.888. The molecule has 0 aromatic heterocycles. The van der Waals surface area contributed by atoms with Crippen LogP contribution in [0.4, 0.5) is 5.69 Å². The van der Waals surface area contributed by atoms with E-state index >= 15 is 0 Å². The fourth-order valence-electron chi connectivity index (χ4n) is 2.23. The number of rotatable bonds is 5. The first-order chi connectivity index (χ1) is 9.28. The Morgan fingerprint density at radius 1 is 1.32 bits per heavy atom. The van der Waals surface area contributed by atoms with Crippen molar-refractivity contribution in [3.8, 4) is 5.75 Å². The number of ether oxygens (including phenoxy) is 2. The van der Waals surface area contributed by atoms with Crippen molar-refractivity contribution in [2.24, 2.45) is 5.92 Å². The van der Waals surface area contributed by atoms with E-state index in [0.717, 1.165) is 37.5 Å². The Morgan fingerprint density at radius 2 is 2.00 bits per heavy atom. The first-order valence-corrected chi connectivity index (χ1v) is 6.88. The molecule has 0 radical (unpaired) electrons. The minimum absolute atomic E-state index is 0.0797. The maximum atomic E-state index is 11.9. The van der Waals surface area contributed by atoms with E-state index in [2.05, 4.69) is 5.32 Å². The first-order valence-electron chi connectivity index (χ1n) is 6.88. The van der Waals surface area contributed by atoms with Gasteiger partial charge in [-0.25, -0.2) is 0 Å². The summed E-state index contributed by atoms with van der Waals surface area (Å²) in [5, 5.41) is 2.92. The van der Waals surface area contributed by atoms with E-state index in [-0.39, 0.29) is 5.91 Å². The summed E-state index contributed by atoms with van der Waals surface area (Å²) in [6.45, 7) is 4.15. The van der Waals surface area contributed by atoms with Crippen LogP contribution < -0.4 is 10.1 Å². The lowest BCUT2D eigenvalue weighted by Gasteiger charge is -2.21. The van der Waals surface area contributed by atoms with Crippen molar-refractivity contribution in [3.05, 3.63) is 24.3 Å². The van der Waals surface area contributed by atoms with Crippen LogP contribution in [-0.2, 0) is 9.53 Å². The van der Waals surface area contributed by atoms with Crippen LogP contribution in [0, 0.1) is 5.92 Å². The molecule has 1 heterocycles. The van der Waals surface area contributed by atoms with Crippen LogP contribution in [0.3, 0.4) is 0 Å². The number of carbonyl (C=O) groups excluding carboxylic acids is 1. The van der Waals surface area contributed by atoms with Crippen molar-refractivity contribution in [3.63, 3.8) is 0 Å². The third kappa shape index (κ3) is 4.56. The second kappa shape index (κ2) is 7.14. The van der Waals surface area contributed by atoms with Gasteiger partial charge in [-0.05, 0) is 49.9 Å². The van der Waals surface area contributed by atoms with E-state index in [9.17, 15) is 4.79 Å². The highest BCUT2D eigenvalue weighted by Crippen LogP contribution is 2.20. The molecule has 1 aromatic rings. The summed E-state index contributed by atoms with van der Waals surface area (Å²) in [6, 6.07) is 7.47. The summed E-state index contributed by atoms with van der Waals surface area (Å²) >= 11 is 0. The van der Waals surface area contributed by atoms with Crippen molar-refractivity contribution < 1.29 is 14.3 Å². The third-order valence-corrected chi connectivity index (χ3v) is 3.26. The maximum Gasteiger partial charge on any atom is 0.224 e. The number of amides is 1. The molecule has 1 amide bonds. The molecule has 4 nitrogen and oxygen atoms in total. The average molecular weight is 263 g/mol. The molecule has 1 aromatic carbocycles. The largest absolute Gasteiger partial charge is 0.494 e. The highest BCUT2D eigenvalue weighted by molar-refractivity contribution is 5.90. The zero-order valence-electron chi connectivity index (χ0n) is 11.4. The van der Waals surface area contributed by atoms with Crippen molar-refractivity contribution in [2.75, 3.05) is 25.1 Å². The zero-order valence-corrected chi connectivity index (χ0v) is 11.4. The van der Waals surface area contributed by atoms with E-state index in [1.54, 1.807) is 0 Å². The van der Waals surface area contributed by atoms with E-state index in [1.165, 1.54) is 0 Å². The van der Waals surface area contributed by atoms with Crippen LogP contribution in [0.15, 0.2) is 24.3 Å². The molecular formula is C15H21NO3. The molecule has 4 heteroatoms. The van der Waals surface area contributed by atoms with E-state index in [0.29, 0.717) is 18.9 Å². The van der Waals surface area contributed by atoms with Gasteiger partial charge in [0.15, 0.2) is 0 Å². The number of nitrogens with one attached hydrogen (secondary N) is 1. The van der Waals surface area contributed by atoms with Gasteiger partial charge in [0.1, 0.15) is 5.75 Å². The molecule has 0 spiro atoms. The van der Waals surface area contributed by atoms with Crippen LogP contribution in [0.5, 0.6) is 5.75 Å². The molecule has 19 heavy (non-hydrogen) atoms. The Balaban J connectivity index is 1.80. The highest BCUT2D eigenvalue weighted by atomic mass is 16.5. The third-order valence-electron chi connectivity index (χ3n) is 3.26. The first kappa shape index (κ1) is 13.9.